The van der Waals surface area contributed by atoms with Crippen molar-refractivity contribution in [3.63, 3.8) is 0 Å². The van der Waals surface area contributed by atoms with Gasteiger partial charge in [0.15, 0.2) is 5.60 Å². The Balaban J connectivity index is 1.21. The molecule has 0 unspecified atom stereocenters. The van der Waals surface area contributed by atoms with Gasteiger partial charge in [0, 0.05) is 23.0 Å². The first-order valence-electron chi connectivity index (χ1n) is 10.8. The third-order valence-corrected chi connectivity index (χ3v) is 6.72. The maximum atomic E-state index is 14.4. The molecule has 7 heteroatoms. The molecule has 0 N–H and O–H groups in total. The fourth-order valence-corrected chi connectivity index (χ4v) is 5.12. The van der Waals surface area contributed by atoms with Crippen molar-refractivity contribution in [2.24, 2.45) is 0 Å². The smallest absolute Gasteiger partial charge is 0.261 e. The summed E-state index contributed by atoms with van der Waals surface area (Å²) in [6.07, 6.45) is 2.81. The molecule has 4 heterocycles. The van der Waals surface area contributed by atoms with Crippen LogP contribution >= 0.6 is 0 Å². The maximum Gasteiger partial charge on any atom is 0.261 e. The molecule has 0 radical (unpaired) electrons. The number of amides is 1. The zero-order chi connectivity index (χ0) is 21.9. The molecule has 5 nitrogen and oxygen atoms in total. The lowest BCUT2D eigenvalue weighted by atomic mass is 9.91. The van der Waals surface area contributed by atoms with Gasteiger partial charge in [-0.1, -0.05) is 18.2 Å². The van der Waals surface area contributed by atoms with E-state index in [1.807, 2.05) is 12.1 Å². The molecule has 1 aromatic heterocycles. The highest BCUT2D eigenvalue weighted by Crippen LogP contribution is 2.48. The Hall–Kier alpha value is -3.32. The Morgan fingerprint density at radius 2 is 1.78 bits per heavy atom. The second-order valence-electron chi connectivity index (χ2n) is 8.66. The van der Waals surface area contributed by atoms with Crippen molar-refractivity contribution in [1.82, 2.24) is 9.88 Å². The summed E-state index contributed by atoms with van der Waals surface area (Å²) in [4.78, 5) is 21.6. The zero-order valence-electron chi connectivity index (χ0n) is 17.2. The van der Waals surface area contributed by atoms with Gasteiger partial charge < -0.3 is 14.5 Å². The molecule has 0 aliphatic carbocycles. The molecule has 32 heavy (non-hydrogen) atoms. The highest BCUT2D eigenvalue weighted by molar-refractivity contribution is 5.91. The second-order valence-corrected chi connectivity index (χ2v) is 8.66. The minimum absolute atomic E-state index is 0.0580. The summed E-state index contributed by atoms with van der Waals surface area (Å²) in [5.41, 5.74) is 2.16. The van der Waals surface area contributed by atoms with Gasteiger partial charge in [0.25, 0.3) is 5.91 Å². The lowest BCUT2D eigenvalue weighted by Gasteiger charge is -2.46. The van der Waals surface area contributed by atoms with E-state index in [0.717, 1.165) is 16.9 Å². The fourth-order valence-electron chi connectivity index (χ4n) is 5.12. The summed E-state index contributed by atoms with van der Waals surface area (Å²) in [6.45, 7) is 0.880. The zero-order valence-corrected chi connectivity index (χ0v) is 17.2. The van der Waals surface area contributed by atoms with E-state index in [-0.39, 0.29) is 29.8 Å². The predicted octanol–water partition coefficient (Wildman–Crippen LogP) is 4.31. The van der Waals surface area contributed by atoms with Gasteiger partial charge in [-0.15, -0.1) is 0 Å². The first kappa shape index (κ1) is 19.4. The summed E-state index contributed by atoms with van der Waals surface area (Å²) in [5.74, 6) is -0.634. The Kier molecular flexibility index (Phi) is 4.30. The number of carbonyl (C=O) groups is 1. The molecule has 1 amide bonds. The van der Waals surface area contributed by atoms with Crippen LogP contribution in [0, 0.1) is 11.6 Å². The van der Waals surface area contributed by atoms with E-state index in [0.29, 0.717) is 31.5 Å². The first-order chi connectivity index (χ1) is 15.5. The van der Waals surface area contributed by atoms with Gasteiger partial charge in [0.05, 0.1) is 24.8 Å². The molecule has 3 saturated heterocycles. The number of fused-ring (bicyclic) bond motifs is 1. The molecule has 2 aromatic carbocycles. The Morgan fingerprint density at radius 1 is 1.00 bits per heavy atom. The van der Waals surface area contributed by atoms with Crippen molar-refractivity contribution >= 4 is 11.6 Å². The minimum atomic E-state index is -0.881. The van der Waals surface area contributed by atoms with Gasteiger partial charge in [-0.05, 0) is 55.3 Å². The van der Waals surface area contributed by atoms with Gasteiger partial charge in [-0.25, -0.2) is 8.78 Å². The van der Waals surface area contributed by atoms with Gasteiger partial charge in [-0.2, -0.15) is 0 Å². The van der Waals surface area contributed by atoms with Crippen molar-refractivity contribution in [2.45, 2.75) is 30.7 Å². The molecule has 3 aliphatic heterocycles. The van der Waals surface area contributed by atoms with Crippen molar-refractivity contribution < 1.29 is 18.3 Å². The molecule has 0 saturated carbocycles. The first-order valence-corrected chi connectivity index (χ1v) is 10.8. The number of anilines is 1. The lowest BCUT2D eigenvalue weighted by molar-refractivity contribution is -0.140. The van der Waals surface area contributed by atoms with Crippen LogP contribution in [0.15, 0.2) is 66.9 Å². The van der Waals surface area contributed by atoms with E-state index in [1.54, 1.807) is 41.4 Å². The molecular formula is C25H21F2N3O2. The highest BCUT2D eigenvalue weighted by Gasteiger charge is 2.62. The molecule has 1 spiro atoms. The fraction of sp³-hybridized carbons (Fsp3) is 0.280. The van der Waals surface area contributed by atoms with E-state index in [2.05, 4.69) is 9.88 Å². The summed E-state index contributed by atoms with van der Waals surface area (Å²) in [5, 5.41) is 0. The van der Waals surface area contributed by atoms with Gasteiger partial charge in [0.2, 0.25) is 0 Å². The van der Waals surface area contributed by atoms with Crippen LogP contribution in [-0.2, 0) is 9.53 Å². The quantitative estimate of drug-likeness (QED) is 0.618. The number of hydrogen-bond donors (Lipinski definition) is 0. The predicted molar refractivity (Wildman–Crippen MR) is 115 cm³/mol. The van der Waals surface area contributed by atoms with Crippen LogP contribution in [0.4, 0.5) is 14.5 Å². The van der Waals surface area contributed by atoms with Crippen molar-refractivity contribution in [2.75, 3.05) is 18.0 Å². The number of rotatable bonds is 3. The van der Waals surface area contributed by atoms with Crippen LogP contribution in [0.3, 0.4) is 0 Å². The van der Waals surface area contributed by atoms with Crippen LogP contribution in [0.5, 0.6) is 0 Å². The number of ether oxygens (including phenoxy) is 1. The van der Waals surface area contributed by atoms with Crippen LogP contribution in [0.1, 0.15) is 24.4 Å². The molecule has 162 valence electrons. The number of aromatic nitrogens is 1. The van der Waals surface area contributed by atoms with Crippen molar-refractivity contribution in [3.05, 3.63) is 84.1 Å². The van der Waals surface area contributed by atoms with Crippen LogP contribution in [0.2, 0.25) is 0 Å². The number of nitrogens with zero attached hydrogens (tertiary/aromatic N) is 3. The third-order valence-electron chi connectivity index (χ3n) is 6.72. The number of halogens is 2. The normalized spacial score (nSPS) is 23.5. The van der Waals surface area contributed by atoms with Gasteiger partial charge in [-0.3, -0.25) is 9.78 Å². The highest BCUT2D eigenvalue weighted by atomic mass is 19.1. The van der Waals surface area contributed by atoms with Gasteiger partial charge in [0.1, 0.15) is 17.9 Å². The monoisotopic (exact) mass is 433 g/mol. The topological polar surface area (TPSA) is 45.7 Å². The molecule has 3 aromatic rings. The van der Waals surface area contributed by atoms with Crippen molar-refractivity contribution in [3.8, 4) is 11.3 Å². The number of pyridine rings is 1. The summed E-state index contributed by atoms with van der Waals surface area (Å²) < 4.78 is 33.9. The summed E-state index contributed by atoms with van der Waals surface area (Å²) in [6, 6.07) is 16.4. The molecular weight excluding hydrogens is 412 g/mol. The van der Waals surface area contributed by atoms with Gasteiger partial charge >= 0.3 is 0 Å². The molecule has 3 fully saturated rings. The largest absolute Gasteiger partial charge is 0.364 e. The molecule has 3 aliphatic rings. The Bertz CT molecular complexity index is 1190. The average Bonchev–Trinajstić information content (AvgIpc) is 3.31. The Morgan fingerprint density at radius 3 is 2.56 bits per heavy atom. The van der Waals surface area contributed by atoms with E-state index >= 15 is 0 Å². The summed E-state index contributed by atoms with van der Waals surface area (Å²) >= 11 is 0. The number of carbonyl (C=O) groups excluding carboxylic acids is 1. The van der Waals surface area contributed by atoms with E-state index < -0.39 is 5.60 Å². The molecule has 0 bridgehead atoms. The Labute approximate surface area is 184 Å². The van der Waals surface area contributed by atoms with Crippen LogP contribution in [0.25, 0.3) is 11.3 Å². The van der Waals surface area contributed by atoms with E-state index in [9.17, 15) is 13.6 Å². The second kappa shape index (κ2) is 7.10. The standard InChI is InChI=1S/C25H21F2N3O2/c26-17-7-5-16(6-8-17)21-13-18(11-12-28-21)29-14-25(15-29)24(31)30-22(9-10-23(30)32-25)19-3-1-2-4-20(19)27/h1-8,11-13,22-23H,9-10,14-15H2/t22-,23+/m0/s1. The van der Waals surface area contributed by atoms with E-state index in [4.69, 9.17) is 4.74 Å². The summed E-state index contributed by atoms with van der Waals surface area (Å²) in [7, 11) is 0. The maximum absolute atomic E-state index is 14.4. The van der Waals surface area contributed by atoms with Crippen LogP contribution in [-0.4, -0.2) is 40.7 Å². The number of hydrogen-bond acceptors (Lipinski definition) is 4. The SMILES string of the molecule is O=C1N2[C@@H](CC[C@H]2c2ccccc2F)OC12CN(c1ccnc(-c3ccc(F)cc3)c1)C2. The van der Waals surface area contributed by atoms with Crippen molar-refractivity contribution in [1.29, 1.82) is 0 Å². The lowest BCUT2D eigenvalue weighted by Crippen LogP contribution is -2.66. The number of benzene rings is 2. The van der Waals surface area contributed by atoms with E-state index in [1.165, 1.54) is 18.2 Å². The molecule has 2 atom stereocenters. The molecule has 6 rings (SSSR count). The van der Waals surface area contributed by atoms with Crippen LogP contribution < -0.4 is 4.90 Å². The average molecular weight is 433 g/mol. The minimum Gasteiger partial charge on any atom is -0.364 e. The third kappa shape index (κ3) is 2.92.